The third kappa shape index (κ3) is 2.10. The van der Waals surface area contributed by atoms with Crippen molar-refractivity contribution in [2.45, 2.75) is 32.8 Å². The van der Waals surface area contributed by atoms with Crippen LogP contribution in [0.1, 0.15) is 32.3 Å². The van der Waals surface area contributed by atoms with Gasteiger partial charge in [0.2, 0.25) is 0 Å². The highest BCUT2D eigenvalue weighted by molar-refractivity contribution is 6.54. The van der Waals surface area contributed by atoms with E-state index in [4.69, 9.17) is 4.84 Å². The minimum absolute atomic E-state index is 0.0726. The Kier molecular flexibility index (Phi) is 3.65. The second-order valence-corrected chi connectivity index (χ2v) is 4.37. The van der Waals surface area contributed by atoms with E-state index in [1.807, 2.05) is 38.1 Å². The van der Waals surface area contributed by atoms with Crippen molar-refractivity contribution in [3.8, 4) is 0 Å². The molecule has 4 nitrogen and oxygen atoms in total. The molecule has 96 valence electrons. The first-order chi connectivity index (χ1) is 8.69. The summed E-state index contributed by atoms with van der Waals surface area (Å²) in [7, 11) is 1.75. The van der Waals surface area contributed by atoms with Gasteiger partial charge in [0, 0.05) is 12.6 Å². The Hall–Kier alpha value is -1.84. The lowest BCUT2D eigenvalue weighted by Gasteiger charge is -2.10. The normalized spacial score (nSPS) is 16.6. The molecule has 1 aromatic carbocycles. The molecule has 1 aromatic rings. The molecule has 0 spiro atoms. The van der Waals surface area contributed by atoms with Gasteiger partial charge in [0.05, 0.1) is 5.69 Å². The maximum Gasteiger partial charge on any atom is 0.280 e. The second-order valence-electron chi connectivity index (χ2n) is 4.37. The van der Waals surface area contributed by atoms with Gasteiger partial charge in [-0.3, -0.25) is 4.79 Å². The van der Waals surface area contributed by atoms with Crippen LogP contribution in [0, 0.1) is 0 Å². The molecule has 0 atom stereocenters. The molecule has 1 amide bonds. The molecule has 0 saturated heterocycles. The molecule has 0 N–H and O–H groups in total. The summed E-state index contributed by atoms with van der Waals surface area (Å²) in [4.78, 5) is 19.1. The maximum absolute atomic E-state index is 12.1. The van der Waals surface area contributed by atoms with E-state index < -0.39 is 0 Å². The first kappa shape index (κ1) is 12.6. The summed E-state index contributed by atoms with van der Waals surface area (Å²) in [5, 5.41) is 4.06. The van der Waals surface area contributed by atoms with Crippen molar-refractivity contribution >= 4 is 17.3 Å². The first-order valence-corrected chi connectivity index (χ1v) is 6.30. The van der Waals surface area contributed by atoms with Crippen LogP contribution in [0.3, 0.4) is 0 Å². The zero-order valence-corrected chi connectivity index (χ0v) is 11.0. The number of hydrogen-bond acceptors (Lipinski definition) is 3. The van der Waals surface area contributed by atoms with Crippen LogP contribution >= 0.6 is 0 Å². The SMILES string of the molecule is CCC(CC)O/N=C1/C(=O)N(C)c2ccccc21. The summed E-state index contributed by atoms with van der Waals surface area (Å²) in [5.41, 5.74) is 2.13. The van der Waals surface area contributed by atoms with Crippen LogP contribution in [0.5, 0.6) is 0 Å². The monoisotopic (exact) mass is 246 g/mol. The molecule has 1 aliphatic heterocycles. The number of amides is 1. The summed E-state index contributed by atoms with van der Waals surface area (Å²) in [6.45, 7) is 4.09. The van der Waals surface area contributed by atoms with E-state index in [1.165, 1.54) is 0 Å². The largest absolute Gasteiger partial charge is 0.392 e. The minimum Gasteiger partial charge on any atom is -0.392 e. The van der Waals surface area contributed by atoms with Crippen molar-refractivity contribution < 1.29 is 9.63 Å². The van der Waals surface area contributed by atoms with Gasteiger partial charge in [0.25, 0.3) is 5.91 Å². The van der Waals surface area contributed by atoms with Gasteiger partial charge < -0.3 is 9.74 Å². The molecule has 0 bridgehead atoms. The van der Waals surface area contributed by atoms with Gasteiger partial charge in [-0.1, -0.05) is 37.2 Å². The molecule has 4 heteroatoms. The van der Waals surface area contributed by atoms with E-state index in [2.05, 4.69) is 5.16 Å². The molecule has 0 aromatic heterocycles. The third-order valence-corrected chi connectivity index (χ3v) is 3.23. The van der Waals surface area contributed by atoms with E-state index in [9.17, 15) is 4.79 Å². The van der Waals surface area contributed by atoms with Crippen molar-refractivity contribution in [3.05, 3.63) is 29.8 Å². The number of oxime groups is 1. The van der Waals surface area contributed by atoms with E-state index in [0.717, 1.165) is 24.1 Å². The van der Waals surface area contributed by atoms with Crippen LogP contribution in [0.25, 0.3) is 0 Å². The predicted octanol–water partition coefficient (Wildman–Crippen LogP) is 2.57. The molecule has 0 aliphatic carbocycles. The molecule has 0 unspecified atom stereocenters. The molecule has 18 heavy (non-hydrogen) atoms. The Morgan fingerprint density at radius 2 is 1.94 bits per heavy atom. The third-order valence-electron chi connectivity index (χ3n) is 3.23. The van der Waals surface area contributed by atoms with Crippen molar-refractivity contribution in [3.63, 3.8) is 0 Å². The van der Waals surface area contributed by atoms with Crippen LogP contribution in [-0.4, -0.2) is 24.8 Å². The van der Waals surface area contributed by atoms with E-state index in [-0.39, 0.29) is 12.0 Å². The minimum atomic E-state index is -0.109. The van der Waals surface area contributed by atoms with E-state index in [1.54, 1.807) is 11.9 Å². The van der Waals surface area contributed by atoms with Gasteiger partial charge in [-0.05, 0) is 18.9 Å². The molecule has 0 radical (unpaired) electrons. The zero-order valence-electron chi connectivity index (χ0n) is 11.0. The number of fused-ring (bicyclic) bond motifs is 1. The summed E-state index contributed by atoms with van der Waals surface area (Å²) in [5.74, 6) is -0.109. The van der Waals surface area contributed by atoms with Crippen LogP contribution < -0.4 is 4.90 Å². The Bertz CT molecular complexity index is 478. The number of carbonyl (C=O) groups is 1. The van der Waals surface area contributed by atoms with E-state index >= 15 is 0 Å². The van der Waals surface area contributed by atoms with Crippen LogP contribution in [0.4, 0.5) is 5.69 Å². The van der Waals surface area contributed by atoms with Crippen LogP contribution in [0.15, 0.2) is 29.4 Å². The van der Waals surface area contributed by atoms with Crippen molar-refractivity contribution in [1.29, 1.82) is 0 Å². The van der Waals surface area contributed by atoms with Gasteiger partial charge in [-0.2, -0.15) is 0 Å². The summed E-state index contributed by atoms with van der Waals surface area (Å²) < 4.78 is 0. The quantitative estimate of drug-likeness (QED) is 0.766. The number of anilines is 1. The van der Waals surface area contributed by atoms with Crippen molar-refractivity contribution in [2.75, 3.05) is 11.9 Å². The fraction of sp³-hybridized carbons (Fsp3) is 0.429. The average Bonchev–Trinajstić information content (AvgIpc) is 2.65. The number of rotatable bonds is 4. The highest BCUT2D eigenvalue weighted by Gasteiger charge is 2.31. The molecule has 1 heterocycles. The van der Waals surface area contributed by atoms with Gasteiger partial charge in [0.15, 0.2) is 5.71 Å². The molecule has 0 fully saturated rings. The number of benzene rings is 1. The lowest BCUT2D eigenvalue weighted by atomic mass is 10.1. The van der Waals surface area contributed by atoms with Gasteiger partial charge in [0.1, 0.15) is 6.10 Å². The molecule has 1 aliphatic rings. The fourth-order valence-electron chi connectivity index (χ4n) is 2.00. The number of carbonyl (C=O) groups excluding carboxylic acids is 1. The smallest absolute Gasteiger partial charge is 0.280 e. The Balaban J connectivity index is 2.29. The van der Waals surface area contributed by atoms with Crippen LogP contribution in [0.2, 0.25) is 0 Å². The fourth-order valence-corrected chi connectivity index (χ4v) is 2.00. The second kappa shape index (κ2) is 5.21. The number of nitrogens with zero attached hydrogens (tertiary/aromatic N) is 2. The summed E-state index contributed by atoms with van der Waals surface area (Å²) >= 11 is 0. The summed E-state index contributed by atoms with van der Waals surface area (Å²) in [6, 6.07) is 7.62. The van der Waals surface area contributed by atoms with Gasteiger partial charge in [-0.15, -0.1) is 0 Å². The van der Waals surface area contributed by atoms with Crippen molar-refractivity contribution in [2.24, 2.45) is 5.16 Å². The standard InChI is InChI=1S/C14H18N2O2/c1-4-10(5-2)18-15-13-11-8-6-7-9-12(11)16(3)14(13)17/h6-10H,4-5H2,1-3H3/b15-13+. The predicted molar refractivity (Wildman–Crippen MR) is 71.8 cm³/mol. The Morgan fingerprint density at radius 3 is 2.61 bits per heavy atom. The zero-order chi connectivity index (χ0) is 13.1. The number of likely N-dealkylation sites (N-methyl/N-ethyl adjacent to an activating group) is 1. The highest BCUT2D eigenvalue weighted by atomic mass is 16.6. The first-order valence-electron chi connectivity index (χ1n) is 6.30. The molecule has 0 saturated carbocycles. The van der Waals surface area contributed by atoms with Gasteiger partial charge >= 0.3 is 0 Å². The maximum atomic E-state index is 12.1. The van der Waals surface area contributed by atoms with Gasteiger partial charge in [-0.25, -0.2) is 0 Å². The Labute approximate surface area is 107 Å². The Morgan fingerprint density at radius 1 is 1.28 bits per heavy atom. The lowest BCUT2D eigenvalue weighted by Crippen LogP contribution is -2.26. The summed E-state index contributed by atoms with van der Waals surface area (Å²) in [6.07, 6.45) is 1.85. The van der Waals surface area contributed by atoms with Crippen molar-refractivity contribution in [1.82, 2.24) is 0 Å². The van der Waals surface area contributed by atoms with E-state index in [0.29, 0.717) is 5.71 Å². The average molecular weight is 246 g/mol. The molecule has 2 rings (SSSR count). The molecular formula is C14H18N2O2. The number of hydrogen-bond donors (Lipinski definition) is 0. The lowest BCUT2D eigenvalue weighted by molar-refractivity contribution is -0.112. The topological polar surface area (TPSA) is 41.9 Å². The van der Waals surface area contributed by atoms with Crippen LogP contribution in [-0.2, 0) is 9.63 Å². The highest BCUT2D eigenvalue weighted by Crippen LogP contribution is 2.27. The molecular weight excluding hydrogens is 228 g/mol. The number of para-hydroxylation sites is 1.